The maximum absolute atomic E-state index is 12.8. The third kappa shape index (κ3) is 5.85. The van der Waals surface area contributed by atoms with Crippen LogP contribution in [0.5, 0.6) is 0 Å². The molecule has 0 aromatic rings. The van der Waals surface area contributed by atoms with E-state index in [9.17, 15) is 4.21 Å². The van der Waals surface area contributed by atoms with Crippen molar-refractivity contribution in [1.29, 1.82) is 0 Å². The SMILES string of the molecule is CCCCCCS(=O)C1(C)CCC(C2CCC(CCC)CC2)CC1. The number of unbranched alkanes of at least 4 members (excludes halogenated alkanes) is 3. The molecule has 1 nitrogen and oxygen atoms in total. The Morgan fingerprint density at radius 2 is 1.46 bits per heavy atom. The van der Waals surface area contributed by atoms with E-state index in [2.05, 4.69) is 20.8 Å². The van der Waals surface area contributed by atoms with Gasteiger partial charge in [-0.2, -0.15) is 0 Å². The molecule has 0 aromatic heterocycles. The molecule has 24 heavy (non-hydrogen) atoms. The van der Waals surface area contributed by atoms with Crippen molar-refractivity contribution in [2.75, 3.05) is 5.75 Å². The molecular weight excluding hydrogens is 312 g/mol. The quantitative estimate of drug-likeness (QED) is 0.413. The highest BCUT2D eigenvalue weighted by atomic mass is 32.2. The van der Waals surface area contributed by atoms with Crippen LogP contribution in [0.1, 0.15) is 111 Å². The molecule has 142 valence electrons. The van der Waals surface area contributed by atoms with Crippen molar-refractivity contribution in [3.63, 3.8) is 0 Å². The van der Waals surface area contributed by atoms with Crippen molar-refractivity contribution >= 4 is 10.8 Å². The fourth-order valence-corrected chi connectivity index (χ4v) is 6.86. The van der Waals surface area contributed by atoms with E-state index in [-0.39, 0.29) is 4.75 Å². The molecule has 2 aliphatic carbocycles. The van der Waals surface area contributed by atoms with Crippen LogP contribution in [-0.4, -0.2) is 14.7 Å². The third-order valence-corrected chi connectivity index (χ3v) is 9.24. The Bertz CT molecular complexity index is 362. The van der Waals surface area contributed by atoms with E-state index in [1.165, 1.54) is 89.9 Å². The Morgan fingerprint density at radius 1 is 0.833 bits per heavy atom. The standard InChI is InChI=1S/C22H42OS/c1-4-6-7-8-18-24(23)22(3)16-14-21(15-17-22)20-12-10-19(9-5-2)11-13-20/h19-21H,4-18H2,1-3H3. The molecule has 2 rings (SSSR count). The zero-order valence-corrected chi connectivity index (χ0v) is 17.5. The van der Waals surface area contributed by atoms with Crippen LogP contribution in [-0.2, 0) is 10.8 Å². The van der Waals surface area contributed by atoms with Gasteiger partial charge in [0.15, 0.2) is 0 Å². The van der Waals surface area contributed by atoms with E-state index in [1.54, 1.807) is 0 Å². The Balaban J connectivity index is 1.71. The van der Waals surface area contributed by atoms with Gasteiger partial charge in [0.05, 0.1) is 0 Å². The van der Waals surface area contributed by atoms with Crippen molar-refractivity contribution in [1.82, 2.24) is 0 Å². The van der Waals surface area contributed by atoms with Gasteiger partial charge in [0.25, 0.3) is 0 Å². The second kappa shape index (κ2) is 10.3. The maximum Gasteiger partial charge on any atom is 0.0431 e. The molecule has 0 aromatic carbocycles. The van der Waals surface area contributed by atoms with Crippen molar-refractivity contribution in [2.24, 2.45) is 17.8 Å². The van der Waals surface area contributed by atoms with Gasteiger partial charge in [-0.25, -0.2) is 0 Å². The minimum atomic E-state index is -0.604. The van der Waals surface area contributed by atoms with Gasteiger partial charge < -0.3 is 0 Å². The van der Waals surface area contributed by atoms with Gasteiger partial charge >= 0.3 is 0 Å². The van der Waals surface area contributed by atoms with Crippen molar-refractivity contribution < 1.29 is 4.21 Å². The molecule has 2 fully saturated rings. The fourth-order valence-electron chi connectivity index (χ4n) is 5.21. The van der Waals surface area contributed by atoms with Crippen LogP contribution in [0, 0.1) is 17.8 Å². The van der Waals surface area contributed by atoms with Crippen LogP contribution < -0.4 is 0 Å². The van der Waals surface area contributed by atoms with Crippen molar-refractivity contribution in [2.45, 2.75) is 115 Å². The molecule has 0 spiro atoms. The molecule has 0 heterocycles. The molecular formula is C22H42OS. The first-order chi connectivity index (χ1) is 11.6. The molecule has 2 aliphatic rings. The van der Waals surface area contributed by atoms with Gasteiger partial charge in [0.1, 0.15) is 0 Å². The molecule has 1 atom stereocenters. The summed E-state index contributed by atoms with van der Waals surface area (Å²) in [6, 6.07) is 0. The monoisotopic (exact) mass is 354 g/mol. The van der Waals surface area contributed by atoms with Crippen molar-refractivity contribution in [3.8, 4) is 0 Å². The molecule has 0 aliphatic heterocycles. The molecule has 2 heteroatoms. The van der Waals surface area contributed by atoms with Gasteiger partial charge in [0.2, 0.25) is 0 Å². The van der Waals surface area contributed by atoms with Gasteiger partial charge in [-0.3, -0.25) is 4.21 Å². The zero-order chi connectivity index (χ0) is 17.4. The second-order valence-electron chi connectivity index (χ2n) is 8.97. The largest absolute Gasteiger partial charge is 0.259 e. The number of hydrogen-bond acceptors (Lipinski definition) is 1. The molecule has 2 saturated carbocycles. The highest BCUT2D eigenvalue weighted by Gasteiger charge is 2.38. The third-order valence-electron chi connectivity index (χ3n) is 7.08. The van der Waals surface area contributed by atoms with Crippen LogP contribution in [0.15, 0.2) is 0 Å². The highest BCUT2D eigenvalue weighted by Crippen LogP contribution is 2.44. The van der Waals surface area contributed by atoms with Crippen LogP contribution >= 0.6 is 0 Å². The summed E-state index contributed by atoms with van der Waals surface area (Å²) in [6.45, 7) is 6.89. The summed E-state index contributed by atoms with van der Waals surface area (Å²) in [7, 11) is -0.604. The molecule has 1 unspecified atom stereocenters. The molecule has 0 N–H and O–H groups in total. The van der Waals surface area contributed by atoms with E-state index in [4.69, 9.17) is 0 Å². The van der Waals surface area contributed by atoms with Crippen molar-refractivity contribution in [3.05, 3.63) is 0 Å². The lowest BCUT2D eigenvalue weighted by Gasteiger charge is -2.41. The highest BCUT2D eigenvalue weighted by molar-refractivity contribution is 7.86. The molecule has 0 radical (unpaired) electrons. The number of hydrogen-bond donors (Lipinski definition) is 0. The second-order valence-corrected chi connectivity index (χ2v) is 11.1. The summed E-state index contributed by atoms with van der Waals surface area (Å²) in [5, 5.41) is 0. The average Bonchev–Trinajstić information content (AvgIpc) is 2.60. The summed E-state index contributed by atoms with van der Waals surface area (Å²) in [4.78, 5) is 0. The van der Waals surface area contributed by atoms with Gasteiger partial charge in [-0.15, -0.1) is 0 Å². The number of rotatable bonds is 9. The lowest BCUT2D eigenvalue weighted by Crippen LogP contribution is -2.38. The lowest BCUT2D eigenvalue weighted by molar-refractivity contribution is 0.153. The van der Waals surface area contributed by atoms with Gasteiger partial charge in [0, 0.05) is 21.3 Å². The van der Waals surface area contributed by atoms with E-state index in [1.807, 2.05) is 0 Å². The van der Waals surface area contributed by atoms with Crippen LogP contribution in [0.25, 0.3) is 0 Å². The summed E-state index contributed by atoms with van der Waals surface area (Å²) < 4.78 is 12.9. The summed E-state index contributed by atoms with van der Waals surface area (Å²) in [6.07, 6.45) is 18.9. The fraction of sp³-hybridized carbons (Fsp3) is 1.00. The smallest absolute Gasteiger partial charge is 0.0431 e. The van der Waals surface area contributed by atoms with Crippen LogP contribution in [0.2, 0.25) is 0 Å². The summed E-state index contributed by atoms with van der Waals surface area (Å²) in [5.74, 6) is 3.90. The van der Waals surface area contributed by atoms with Gasteiger partial charge in [-0.1, -0.05) is 58.8 Å². The summed E-state index contributed by atoms with van der Waals surface area (Å²) >= 11 is 0. The first-order valence-electron chi connectivity index (χ1n) is 11.0. The normalized spacial score (nSPS) is 35.7. The first-order valence-corrected chi connectivity index (χ1v) is 12.3. The Kier molecular flexibility index (Phi) is 8.81. The minimum absolute atomic E-state index is 0.127. The van der Waals surface area contributed by atoms with E-state index < -0.39 is 10.8 Å². The lowest BCUT2D eigenvalue weighted by atomic mass is 9.69. The van der Waals surface area contributed by atoms with E-state index in [0.29, 0.717) is 0 Å². The molecule has 0 bridgehead atoms. The first kappa shape index (κ1) is 20.5. The minimum Gasteiger partial charge on any atom is -0.259 e. The summed E-state index contributed by atoms with van der Waals surface area (Å²) in [5.41, 5.74) is 0. The van der Waals surface area contributed by atoms with E-state index >= 15 is 0 Å². The maximum atomic E-state index is 12.8. The Morgan fingerprint density at radius 3 is 2.04 bits per heavy atom. The van der Waals surface area contributed by atoms with Gasteiger partial charge in [-0.05, 0) is 69.6 Å². The molecule has 0 amide bonds. The predicted molar refractivity (Wildman–Crippen MR) is 108 cm³/mol. The topological polar surface area (TPSA) is 17.1 Å². The van der Waals surface area contributed by atoms with Crippen LogP contribution in [0.4, 0.5) is 0 Å². The molecule has 0 saturated heterocycles. The Hall–Kier alpha value is 0.150. The Labute approximate surface area is 154 Å². The zero-order valence-electron chi connectivity index (χ0n) is 16.7. The predicted octanol–water partition coefficient (Wildman–Crippen LogP) is 6.87. The van der Waals surface area contributed by atoms with E-state index in [0.717, 1.165) is 23.5 Å². The average molecular weight is 355 g/mol. The van der Waals surface area contributed by atoms with Crippen LogP contribution in [0.3, 0.4) is 0 Å².